The van der Waals surface area contributed by atoms with Gasteiger partial charge in [0.05, 0.1) is 152 Å². The zero-order valence-corrected chi connectivity index (χ0v) is 28.6. The maximum atomic E-state index is 5.56. The van der Waals surface area contributed by atoms with Gasteiger partial charge in [0.25, 0.3) is 0 Å². The molecule has 0 aliphatic heterocycles. The summed E-state index contributed by atoms with van der Waals surface area (Å²) in [6.07, 6.45) is 6.28. The largest absolute Gasteiger partial charge is 0.379 e. The molecule has 0 saturated heterocycles. The highest BCUT2D eigenvalue weighted by Crippen LogP contribution is 2.02. The van der Waals surface area contributed by atoms with E-state index in [1.165, 1.54) is 25.7 Å². The lowest BCUT2D eigenvalue weighted by Gasteiger charge is -2.09. The third kappa shape index (κ3) is 43.5. The molecule has 0 atom stereocenters. The van der Waals surface area contributed by atoms with Gasteiger partial charge < -0.3 is 62.2 Å². The lowest BCUT2D eigenvalue weighted by atomic mass is 10.2. The Bertz CT molecular complexity index is 469. The molecule has 0 aliphatic carbocycles. The van der Waals surface area contributed by atoms with Crippen molar-refractivity contribution in [2.75, 3.05) is 172 Å². The topological polar surface area (TPSA) is 123 Å². The molecule has 45 heavy (non-hydrogen) atoms. The lowest BCUT2D eigenvalue weighted by molar-refractivity contribution is -0.0283. The van der Waals surface area contributed by atoms with Gasteiger partial charge >= 0.3 is 0 Å². The monoisotopic (exact) mass is 657 g/mol. The van der Waals surface area contributed by atoms with Crippen LogP contribution in [0.4, 0.5) is 0 Å². The van der Waals surface area contributed by atoms with Crippen LogP contribution in [0.3, 0.4) is 0 Å². The van der Waals surface area contributed by atoms with Crippen LogP contribution >= 0.6 is 0 Å². The Balaban J connectivity index is 3.03. The van der Waals surface area contributed by atoms with Crippen LogP contribution in [0.1, 0.15) is 39.0 Å². The summed E-state index contributed by atoms with van der Waals surface area (Å²) in [5, 5.41) is 3.02. The third-order valence-electron chi connectivity index (χ3n) is 5.98. The quantitative estimate of drug-likeness (QED) is 0.0968. The molecule has 0 aromatic heterocycles. The summed E-state index contributed by atoms with van der Waals surface area (Å²) >= 11 is 0. The second-order valence-electron chi connectivity index (χ2n) is 9.87. The number of unbranched alkanes of at least 4 members (excludes halogenated alkanes) is 4. The fraction of sp³-hybridized carbons (Fsp3) is 1.00. The molecule has 1 N–H and O–H groups in total. The van der Waals surface area contributed by atoms with Crippen molar-refractivity contribution in [3.8, 4) is 0 Å². The van der Waals surface area contributed by atoms with Gasteiger partial charge in [0.1, 0.15) is 0 Å². The Labute approximate surface area is 273 Å². The van der Waals surface area contributed by atoms with Gasteiger partial charge in [-0.3, -0.25) is 0 Å². The summed E-state index contributed by atoms with van der Waals surface area (Å²) in [7, 11) is 1.90. The number of ether oxygens (including phenoxy) is 12. The van der Waals surface area contributed by atoms with Gasteiger partial charge in [0.2, 0.25) is 0 Å². The van der Waals surface area contributed by atoms with Gasteiger partial charge in [-0.1, -0.05) is 32.6 Å². The standard InChI is InChI=1S/C32H67NO12/c1-3-4-5-6-7-9-34-11-13-36-15-17-38-19-21-40-23-25-42-27-29-44-31-32-45-30-28-43-26-24-41-22-20-39-18-16-37-14-12-35-10-8-33-2/h33H,3-32H2,1-2H3. The summed E-state index contributed by atoms with van der Waals surface area (Å²) in [6, 6.07) is 0. The van der Waals surface area contributed by atoms with Crippen molar-refractivity contribution in [3.05, 3.63) is 0 Å². The van der Waals surface area contributed by atoms with Crippen molar-refractivity contribution in [3.63, 3.8) is 0 Å². The van der Waals surface area contributed by atoms with Gasteiger partial charge in [0, 0.05) is 13.2 Å². The molecule has 0 fully saturated rings. The summed E-state index contributed by atoms with van der Waals surface area (Å²) in [4.78, 5) is 0. The Kier molecular flexibility index (Phi) is 43.0. The molecule has 13 nitrogen and oxygen atoms in total. The minimum atomic E-state index is 0.519. The van der Waals surface area contributed by atoms with Crippen LogP contribution in [0.5, 0.6) is 0 Å². The summed E-state index contributed by atoms with van der Waals surface area (Å²) < 4.78 is 65.7. The smallest absolute Gasteiger partial charge is 0.0701 e. The third-order valence-corrected chi connectivity index (χ3v) is 5.98. The molecule has 272 valence electrons. The summed E-state index contributed by atoms with van der Waals surface area (Å²) in [6.45, 7) is 16.6. The Morgan fingerprint density at radius 2 is 0.489 bits per heavy atom. The zero-order chi connectivity index (χ0) is 32.4. The molecule has 0 rings (SSSR count). The van der Waals surface area contributed by atoms with Gasteiger partial charge in [-0.2, -0.15) is 0 Å². The van der Waals surface area contributed by atoms with Gasteiger partial charge in [-0.25, -0.2) is 0 Å². The fourth-order valence-corrected chi connectivity index (χ4v) is 3.50. The highest BCUT2D eigenvalue weighted by molar-refractivity contribution is 4.43. The Hall–Kier alpha value is -0.520. The first-order valence-electron chi connectivity index (χ1n) is 17.0. The van der Waals surface area contributed by atoms with Gasteiger partial charge in [-0.05, 0) is 13.5 Å². The van der Waals surface area contributed by atoms with E-state index in [-0.39, 0.29) is 0 Å². The number of hydrogen-bond acceptors (Lipinski definition) is 13. The molecule has 0 aromatic rings. The number of rotatable bonds is 42. The predicted octanol–water partition coefficient (Wildman–Crippen LogP) is 2.38. The van der Waals surface area contributed by atoms with Gasteiger partial charge in [-0.15, -0.1) is 0 Å². The first-order chi connectivity index (χ1) is 22.4. The molecule has 0 radical (unpaired) electrons. The van der Waals surface area contributed by atoms with E-state index in [1.54, 1.807) is 0 Å². The Morgan fingerprint density at radius 1 is 0.267 bits per heavy atom. The number of likely N-dealkylation sites (N-methyl/N-ethyl adjacent to an activating group) is 1. The molecular formula is C32H67NO12. The van der Waals surface area contributed by atoms with Crippen molar-refractivity contribution >= 4 is 0 Å². The molecule has 0 amide bonds. The highest BCUT2D eigenvalue weighted by Gasteiger charge is 1.97. The van der Waals surface area contributed by atoms with Crippen LogP contribution in [-0.4, -0.2) is 172 Å². The first kappa shape index (κ1) is 44.5. The average molecular weight is 658 g/mol. The van der Waals surface area contributed by atoms with Crippen LogP contribution in [0.2, 0.25) is 0 Å². The molecule has 0 bridgehead atoms. The van der Waals surface area contributed by atoms with Crippen molar-refractivity contribution in [1.82, 2.24) is 5.32 Å². The predicted molar refractivity (Wildman–Crippen MR) is 173 cm³/mol. The van der Waals surface area contributed by atoms with E-state index < -0.39 is 0 Å². The van der Waals surface area contributed by atoms with Gasteiger partial charge in [0.15, 0.2) is 0 Å². The molecule has 0 heterocycles. The first-order valence-corrected chi connectivity index (χ1v) is 17.0. The normalized spacial score (nSPS) is 11.6. The van der Waals surface area contributed by atoms with E-state index in [4.69, 9.17) is 56.8 Å². The van der Waals surface area contributed by atoms with Crippen LogP contribution in [0, 0.1) is 0 Å². The number of nitrogens with one attached hydrogen (secondary N) is 1. The minimum absolute atomic E-state index is 0.519. The molecule has 0 unspecified atom stereocenters. The van der Waals surface area contributed by atoms with E-state index in [1.807, 2.05) is 7.05 Å². The van der Waals surface area contributed by atoms with E-state index in [2.05, 4.69) is 12.2 Å². The molecular weight excluding hydrogens is 590 g/mol. The van der Waals surface area contributed by atoms with Crippen LogP contribution < -0.4 is 5.32 Å². The second-order valence-corrected chi connectivity index (χ2v) is 9.87. The van der Waals surface area contributed by atoms with Crippen molar-refractivity contribution in [2.45, 2.75) is 39.0 Å². The molecule has 0 aliphatic rings. The van der Waals surface area contributed by atoms with Crippen LogP contribution in [0.15, 0.2) is 0 Å². The van der Waals surface area contributed by atoms with E-state index in [9.17, 15) is 0 Å². The number of hydrogen-bond donors (Lipinski definition) is 1. The van der Waals surface area contributed by atoms with E-state index in [0.717, 1.165) is 19.6 Å². The zero-order valence-electron chi connectivity index (χ0n) is 28.6. The maximum Gasteiger partial charge on any atom is 0.0701 e. The van der Waals surface area contributed by atoms with Crippen LogP contribution in [0.25, 0.3) is 0 Å². The maximum absolute atomic E-state index is 5.56. The molecule has 0 saturated carbocycles. The molecule has 0 aromatic carbocycles. The SMILES string of the molecule is CCCCCCCOCCOCCOCCOCCOCCOCCOCCOCCOCCOCCOCCOCCNC. The lowest BCUT2D eigenvalue weighted by Crippen LogP contribution is -2.17. The van der Waals surface area contributed by atoms with Crippen molar-refractivity contribution < 1.29 is 56.8 Å². The average Bonchev–Trinajstić information content (AvgIpc) is 3.05. The van der Waals surface area contributed by atoms with Crippen molar-refractivity contribution in [2.24, 2.45) is 0 Å². The minimum Gasteiger partial charge on any atom is -0.379 e. The van der Waals surface area contributed by atoms with E-state index in [0.29, 0.717) is 152 Å². The highest BCUT2D eigenvalue weighted by atomic mass is 16.6. The Morgan fingerprint density at radius 3 is 0.733 bits per heavy atom. The molecule has 0 spiro atoms. The fourth-order valence-electron chi connectivity index (χ4n) is 3.50. The van der Waals surface area contributed by atoms with Crippen molar-refractivity contribution in [1.29, 1.82) is 0 Å². The van der Waals surface area contributed by atoms with Crippen LogP contribution in [-0.2, 0) is 56.8 Å². The summed E-state index contributed by atoms with van der Waals surface area (Å²) in [5.41, 5.74) is 0. The summed E-state index contributed by atoms with van der Waals surface area (Å²) in [5.74, 6) is 0. The second kappa shape index (κ2) is 43.5. The van der Waals surface area contributed by atoms with E-state index >= 15 is 0 Å². The molecule has 13 heteroatoms.